The van der Waals surface area contributed by atoms with Gasteiger partial charge in [-0.15, -0.1) is 0 Å². The summed E-state index contributed by atoms with van der Waals surface area (Å²) in [4.78, 5) is 10.4. The number of aromatic nitrogens is 3. The summed E-state index contributed by atoms with van der Waals surface area (Å²) >= 11 is 0. The first-order valence-electron chi connectivity index (χ1n) is 17.3. The molecule has 11 rings (SSSR count). The summed E-state index contributed by atoms with van der Waals surface area (Å²) < 4.78 is 2.38. The van der Waals surface area contributed by atoms with E-state index >= 15 is 0 Å². The lowest BCUT2D eigenvalue weighted by molar-refractivity contribution is 0.661. The SMILES string of the molecule is CC1(C)c2ccccc2-c2cccc(-c3cc4c5cccc6c7cc(-c8cccc9c8C(C)(C)c8ccccc8-9)ncc7n(c4cn3)c56)c21. The highest BCUT2D eigenvalue weighted by molar-refractivity contribution is 6.23. The van der Waals surface area contributed by atoms with Gasteiger partial charge in [0.25, 0.3) is 0 Å². The fourth-order valence-corrected chi connectivity index (χ4v) is 9.69. The van der Waals surface area contributed by atoms with Gasteiger partial charge >= 0.3 is 0 Å². The Bertz CT molecular complexity index is 2690. The molecule has 49 heavy (non-hydrogen) atoms. The van der Waals surface area contributed by atoms with E-state index in [0.29, 0.717) is 0 Å². The maximum atomic E-state index is 5.18. The maximum absolute atomic E-state index is 5.18. The van der Waals surface area contributed by atoms with Crippen molar-refractivity contribution in [2.75, 3.05) is 0 Å². The van der Waals surface area contributed by atoms with E-state index in [1.165, 1.54) is 82.7 Å². The van der Waals surface area contributed by atoms with Crippen LogP contribution in [0.4, 0.5) is 0 Å². The molecule has 0 radical (unpaired) electrons. The lowest BCUT2D eigenvalue weighted by Gasteiger charge is -2.24. The zero-order valence-electron chi connectivity index (χ0n) is 28.0. The maximum Gasteiger partial charge on any atom is 0.0726 e. The van der Waals surface area contributed by atoms with Crippen LogP contribution >= 0.6 is 0 Å². The molecular formula is C46H33N3. The van der Waals surface area contributed by atoms with E-state index in [9.17, 15) is 0 Å². The van der Waals surface area contributed by atoms with Gasteiger partial charge in [-0.3, -0.25) is 9.97 Å². The average molecular weight is 628 g/mol. The highest BCUT2D eigenvalue weighted by Gasteiger charge is 2.39. The minimum absolute atomic E-state index is 0.106. The quantitative estimate of drug-likeness (QED) is 0.191. The van der Waals surface area contributed by atoms with E-state index < -0.39 is 0 Å². The third-order valence-corrected chi connectivity index (χ3v) is 11.8. The highest BCUT2D eigenvalue weighted by Crippen LogP contribution is 2.54. The number of fused-ring (bicyclic) bond motifs is 12. The van der Waals surface area contributed by atoms with Crippen LogP contribution in [0.3, 0.4) is 0 Å². The molecule has 3 heteroatoms. The van der Waals surface area contributed by atoms with Crippen LogP contribution < -0.4 is 0 Å². The van der Waals surface area contributed by atoms with E-state index in [1.807, 2.05) is 0 Å². The van der Waals surface area contributed by atoms with Gasteiger partial charge in [-0.1, -0.05) is 131 Å². The molecule has 0 saturated heterocycles. The molecule has 0 saturated carbocycles. The second kappa shape index (κ2) is 9.00. The number of benzene rings is 5. The Morgan fingerprint density at radius 2 is 0.837 bits per heavy atom. The molecule has 0 atom stereocenters. The normalized spacial score (nSPS) is 15.3. The van der Waals surface area contributed by atoms with Gasteiger partial charge in [0.2, 0.25) is 0 Å². The van der Waals surface area contributed by atoms with Gasteiger partial charge < -0.3 is 4.40 Å². The third kappa shape index (κ3) is 3.28. The standard InChI is InChI=1S/C46H33N3/c1-45(2)36-20-7-5-12-26(36)28-14-9-18-32(42(28)45)38-22-34-30-16-11-17-31-35-23-39(48-25-41(35)49(44(30)31)40(34)24-47-38)33-19-10-15-29-27-13-6-8-21-37(27)46(3,4)43(29)33/h5-25H,1-4H3. The van der Waals surface area contributed by atoms with E-state index in [4.69, 9.17) is 9.97 Å². The van der Waals surface area contributed by atoms with Crippen LogP contribution in [-0.4, -0.2) is 14.4 Å². The fourth-order valence-electron chi connectivity index (χ4n) is 9.69. The van der Waals surface area contributed by atoms with E-state index in [2.05, 4.69) is 160 Å². The summed E-state index contributed by atoms with van der Waals surface area (Å²) in [7, 11) is 0. The topological polar surface area (TPSA) is 30.2 Å². The number of rotatable bonds is 2. The minimum atomic E-state index is -0.106. The van der Waals surface area contributed by atoms with Gasteiger partial charge in [0, 0.05) is 43.5 Å². The summed E-state index contributed by atoms with van der Waals surface area (Å²) in [6.07, 6.45) is 4.16. The lowest BCUT2D eigenvalue weighted by Crippen LogP contribution is -2.16. The molecule has 2 aliphatic rings. The van der Waals surface area contributed by atoms with Crippen LogP contribution in [0.15, 0.2) is 128 Å². The fraction of sp³-hybridized carbons (Fsp3) is 0.130. The van der Waals surface area contributed by atoms with Crippen molar-refractivity contribution in [1.82, 2.24) is 14.4 Å². The van der Waals surface area contributed by atoms with Crippen molar-refractivity contribution in [2.24, 2.45) is 0 Å². The average Bonchev–Trinajstić information content (AvgIpc) is 3.80. The number of nitrogens with zero attached hydrogens (tertiary/aromatic N) is 3. The van der Waals surface area contributed by atoms with Crippen LogP contribution in [0.25, 0.3) is 82.9 Å². The van der Waals surface area contributed by atoms with Gasteiger partial charge in [-0.2, -0.15) is 0 Å². The molecule has 0 amide bonds. The molecular weight excluding hydrogens is 595 g/mol. The smallest absolute Gasteiger partial charge is 0.0726 e. The molecule has 0 fully saturated rings. The van der Waals surface area contributed by atoms with Gasteiger partial charge in [0.05, 0.1) is 40.3 Å². The highest BCUT2D eigenvalue weighted by atomic mass is 14.9. The molecule has 0 unspecified atom stereocenters. The number of hydrogen-bond donors (Lipinski definition) is 0. The Morgan fingerprint density at radius 1 is 0.429 bits per heavy atom. The van der Waals surface area contributed by atoms with Crippen LogP contribution in [0.2, 0.25) is 0 Å². The van der Waals surface area contributed by atoms with Gasteiger partial charge in [-0.25, -0.2) is 0 Å². The van der Waals surface area contributed by atoms with Crippen molar-refractivity contribution in [1.29, 1.82) is 0 Å². The Hall–Kier alpha value is -5.80. The van der Waals surface area contributed by atoms with E-state index in [0.717, 1.165) is 22.4 Å². The van der Waals surface area contributed by atoms with Gasteiger partial charge in [0.15, 0.2) is 0 Å². The molecule has 3 nitrogen and oxygen atoms in total. The lowest BCUT2D eigenvalue weighted by atomic mass is 9.79. The van der Waals surface area contributed by atoms with Gasteiger partial charge in [-0.05, 0) is 56.6 Å². The van der Waals surface area contributed by atoms with E-state index in [-0.39, 0.29) is 10.8 Å². The van der Waals surface area contributed by atoms with Crippen molar-refractivity contribution in [3.05, 3.63) is 150 Å². The first-order valence-corrected chi connectivity index (χ1v) is 17.3. The van der Waals surface area contributed by atoms with Crippen LogP contribution in [0.1, 0.15) is 49.9 Å². The molecule has 0 N–H and O–H groups in total. The number of para-hydroxylation sites is 1. The molecule has 4 aromatic heterocycles. The molecule has 9 aromatic rings. The number of hydrogen-bond acceptors (Lipinski definition) is 2. The van der Waals surface area contributed by atoms with Crippen molar-refractivity contribution in [3.63, 3.8) is 0 Å². The Balaban J connectivity index is 1.11. The monoisotopic (exact) mass is 627 g/mol. The molecule has 2 aliphatic carbocycles. The Kier molecular flexibility index (Phi) is 4.99. The van der Waals surface area contributed by atoms with Crippen molar-refractivity contribution in [2.45, 2.75) is 38.5 Å². The first kappa shape index (κ1) is 27.2. The van der Waals surface area contributed by atoms with Crippen LogP contribution in [0, 0.1) is 0 Å². The summed E-state index contributed by atoms with van der Waals surface area (Å²) in [6.45, 7) is 9.38. The van der Waals surface area contributed by atoms with E-state index in [1.54, 1.807) is 0 Å². The van der Waals surface area contributed by atoms with Crippen molar-refractivity contribution < 1.29 is 0 Å². The zero-order valence-corrected chi connectivity index (χ0v) is 28.0. The predicted octanol–water partition coefficient (Wildman–Crippen LogP) is 11.6. The number of pyridine rings is 2. The second-order valence-corrected chi connectivity index (χ2v) is 15.0. The molecule has 4 heterocycles. The largest absolute Gasteiger partial charge is 0.305 e. The molecule has 0 spiro atoms. The zero-order chi connectivity index (χ0) is 32.8. The van der Waals surface area contributed by atoms with Crippen molar-refractivity contribution >= 4 is 38.1 Å². The second-order valence-electron chi connectivity index (χ2n) is 15.0. The first-order chi connectivity index (χ1) is 23.8. The van der Waals surface area contributed by atoms with Crippen LogP contribution in [0.5, 0.6) is 0 Å². The Morgan fingerprint density at radius 3 is 1.33 bits per heavy atom. The molecule has 5 aromatic carbocycles. The Labute approximate surface area is 284 Å². The molecule has 0 bridgehead atoms. The summed E-state index contributed by atoms with van der Waals surface area (Å²) in [6, 6.07) is 42.4. The summed E-state index contributed by atoms with van der Waals surface area (Å²) in [5, 5.41) is 4.95. The van der Waals surface area contributed by atoms with Gasteiger partial charge in [0.1, 0.15) is 0 Å². The molecule has 232 valence electrons. The van der Waals surface area contributed by atoms with Crippen LogP contribution in [-0.2, 0) is 10.8 Å². The third-order valence-electron chi connectivity index (χ3n) is 11.8. The molecule has 0 aliphatic heterocycles. The minimum Gasteiger partial charge on any atom is -0.305 e. The van der Waals surface area contributed by atoms with Crippen molar-refractivity contribution in [3.8, 4) is 44.8 Å². The predicted molar refractivity (Wildman–Crippen MR) is 203 cm³/mol. The summed E-state index contributed by atoms with van der Waals surface area (Å²) in [5.74, 6) is 0. The summed E-state index contributed by atoms with van der Waals surface area (Å²) in [5.41, 5.74) is 18.5.